The number of nitrogens with zero attached hydrogens (tertiary/aromatic N) is 3. The third kappa shape index (κ3) is 3.09. The van der Waals surface area contributed by atoms with Crippen LogP contribution in [-0.4, -0.2) is 47.3 Å². The summed E-state index contributed by atoms with van der Waals surface area (Å²) in [5.41, 5.74) is -0.479. The van der Waals surface area contributed by atoms with Gasteiger partial charge in [0.2, 0.25) is 5.91 Å². The summed E-state index contributed by atoms with van der Waals surface area (Å²) in [5.74, 6) is 0.940. The second-order valence-electron chi connectivity index (χ2n) is 6.21. The highest BCUT2D eigenvalue weighted by atomic mass is 35.5. The van der Waals surface area contributed by atoms with E-state index in [1.165, 1.54) is 19.3 Å². The Labute approximate surface area is 132 Å². The molecule has 2 aliphatic rings. The van der Waals surface area contributed by atoms with E-state index in [4.69, 9.17) is 0 Å². The molecular weight excluding hydrogens is 288 g/mol. The molecule has 1 aromatic heterocycles. The lowest BCUT2D eigenvalue weighted by atomic mass is 9.83. The Hall–Kier alpha value is -1.07. The first-order valence-electron chi connectivity index (χ1n) is 7.69. The van der Waals surface area contributed by atoms with Gasteiger partial charge in [-0.1, -0.05) is 6.42 Å². The van der Waals surface area contributed by atoms with Crippen LogP contribution in [0.1, 0.15) is 32.1 Å². The summed E-state index contributed by atoms with van der Waals surface area (Å²) in [6.07, 6.45) is 9.21. The Morgan fingerprint density at radius 1 is 1.43 bits per heavy atom. The van der Waals surface area contributed by atoms with E-state index in [0.717, 1.165) is 32.5 Å². The predicted octanol–water partition coefficient (Wildman–Crippen LogP) is 1.64. The molecule has 6 heteroatoms. The number of hydrogen-bond donors (Lipinski definition) is 1. The lowest BCUT2D eigenvalue weighted by Gasteiger charge is -2.40. The second-order valence-corrected chi connectivity index (χ2v) is 6.21. The van der Waals surface area contributed by atoms with Gasteiger partial charge in [0.05, 0.1) is 0 Å². The Bertz CT molecular complexity index is 452. The second kappa shape index (κ2) is 6.79. The van der Waals surface area contributed by atoms with Gasteiger partial charge in [-0.05, 0) is 50.8 Å². The molecule has 0 atom stereocenters. The Balaban J connectivity index is 0.00000161. The van der Waals surface area contributed by atoms with Crippen molar-refractivity contribution < 1.29 is 4.79 Å². The van der Waals surface area contributed by atoms with Crippen molar-refractivity contribution in [3.8, 4) is 0 Å². The number of rotatable bonds is 4. The summed E-state index contributed by atoms with van der Waals surface area (Å²) in [5, 5.41) is 7.72. The van der Waals surface area contributed by atoms with E-state index in [1.807, 2.05) is 28.9 Å². The van der Waals surface area contributed by atoms with Crippen LogP contribution in [0.2, 0.25) is 0 Å². The van der Waals surface area contributed by atoms with Crippen LogP contribution in [0, 0.1) is 5.92 Å². The van der Waals surface area contributed by atoms with Gasteiger partial charge in [0, 0.05) is 26.0 Å². The molecule has 0 bridgehead atoms. The fourth-order valence-corrected chi connectivity index (χ4v) is 3.40. The van der Waals surface area contributed by atoms with E-state index in [-0.39, 0.29) is 18.3 Å². The van der Waals surface area contributed by atoms with Crippen molar-refractivity contribution >= 4 is 18.3 Å². The van der Waals surface area contributed by atoms with Gasteiger partial charge in [0.1, 0.15) is 5.54 Å². The largest absolute Gasteiger partial charge is 0.343 e. The van der Waals surface area contributed by atoms with Gasteiger partial charge >= 0.3 is 0 Å². The Morgan fingerprint density at radius 3 is 2.67 bits per heavy atom. The lowest BCUT2D eigenvalue weighted by molar-refractivity contribution is -0.142. The highest BCUT2D eigenvalue weighted by Gasteiger charge is 2.44. The van der Waals surface area contributed by atoms with Gasteiger partial charge in [0.15, 0.2) is 0 Å². The standard InChI is InChI=1S/C15H24N4O.ClH/c1-18(12-13-4-2-5-13)14(20)15(6-9-16-10-7-15)19-11-3-8-17-19;/h3,8,11,13,16H,2,4-7,9-10,12H2,1H3;1H. The van der Waals surface area contributed by atoms with E-state index in [1.54, 1.807) is 6.20 Å². The number of piperidine rings is 1. The summed E-state index contributed by atoms with van der Waals surface area (Å²) < 4.78 is 1.88. The van der Waals surface area contributed by atoms with Gasteiger partial charge in [-0.2, -0.15) is 5.10 Å². The molecule has 0 radical (unpaired) electrons. The molecule has 118 valence electrons. The zero-order valence-corrected chi connectivity index (χ0v) is 13.4. The molecule has 0 spiro atoms. The average Bonchev–Trinajstić information content (AvgIpc) is 2.97. The smallest absolute Gasteiger partial charge is 0.250 e. The maximum atomic E-state index is 13.0. The third-order valence-electron chi connectivity index (χ3n) is 4.88. The minimum Gasteiger partial charge on any atom is -0.343 e. The predicted molar refractivity (Wildman–Crippen MR) is 84.5 cm³/mol. The van der Waals surface area contributed by atoms with Crippen LogP contribution in [0.3, 0.4) is 0 Å². The molecule has 1 saturated carbocycles. The molecule has 21 heavy (non-hydrogen) atoms. The highest BCUT2D eigenvalue weighted by molar-refractivity contribution is 5.85. The Kier molecular flexibility index (Phi) is 5.27. The van der Waals surface area contributed by atoms with Crippen LogP contribution in [0.4, 0.5) is 0 Å². The normalized spacial score (nSPS) is 21.2. The average molecular weight is 313 g/mol. The minimum absolute atomic E-state index is 0. The van der Waals surface area contributed by atoms with Gasteiger partial charge in [0.25, 0.3) is 0 Å². The molecule has 0 aromatic carbocycles. The van der Waals surface area contributed by atoms with Crippen molar-refractivity contribution in [2.24, 2.45) is 5.92 Å². The number of carbonyl (C=O) groups is 1. The third-order valence-corrected chi connectivity index (χ3v) is 4.88. The van der Waals surface area contributed by atoms with Gasteiger partial charge in [-0.15, -0.1) is 12.4 Å². The number of hydrogen-bond acceptors (Lipinski definition) is 3. The van der Waals surface area contributed by atoms with Crippen LogP contribution in [-0.2, 0) is 10.3 Å². The maximum Gasteiger partial charge on any atom is 0.250 e. The molecule has 2 fully saturated rings. The molecule has 3 rings (SSSR count). The number of likely N-dealkylation sites (N-methyl/N-ethyl adjacent to an activating group) is 1. The van der Waals surface area contributed by atoms with Crippen molar-refractivity contribution in [1.82, 2.24) is 20.0 Å². The van der Waals surface area contributed by atoms with Crippen molar-refractivity contribution in [2.75, 3.05) is 26.7 Å². The van der Waals surface area contributed by atoms with Crippen molar-refractivity contribution in [1.29, 1.82) is 0 Å². The van der Waals surface area contributed by atoms with Crippen molar-refractivity contribution in [2.45, 2.75) is 37.6 Å². The van der Waals surface area contributed by atoms with Crippen LogP contribution >= 0.6 is 12.4 Å². The number of nitrogens with one attached hydrogen (secondary N) is 1. The molecule has 1 N–H and O–H groups in total. The number of halogens is 1. The monoisotopic (exact) mass is 312 g/mol. The molecule has 1 aliphatic heterocycles. The van der Waals surface area contributed by atoms with Crippen LogP contribution in [0.5, 0.6) is 0 Å². The number of aromatic nitrogens is 2. The molecule has 1 aliphatic carbocycles. The van der Waals surface area contributed by atoms with Crippen LogP contribution < -0.4 is 5.32 Å². The molecule has 5 nitrogen and oxygen atoms in total. The van der Waals surface area contributed by atoms with Crippen molar-refractivity contribution in [3.05, 3.63) is 18.5 Å². The molecule has 1 saturated heterocycles. The van der Waals surface area contributed by atoms with Crippen molar-refractivity contribution in [3.63, 3.8) is 0 Å². The van der Waals surface area contributed by atoms with E-state index < -0.39 is 5.54 Å². The van der Waals surface area contributed by atoms with Crippen LogP contribution in [0.15, 0.2) is 18.5 Å². The topological polar surface area (TPSA) is 50.2 Å². The number of carbonyl (C=O) groups excluding carboxylic acids is 1. The molecular formula is C15H25ClN4O. The first-order chi connectivity index (χ1) is 9.72. The molecule has 0 unspecified atom stereocenters. The summed E-state index contributed by atoms with van der Waals surface area (Å²) in [6, 6.07) is 1.91. The molecule has 1 amide bonds. The van der Waals surface area contributed by atoms with Gasteiger partial charge in [-0.25, -0.2) is 0 Å². The SMILES string of the molecule is CN(CC1CCC1)C(=O)C1(n2cccn2)CCNCC1.Cl. The first kappa shape index (κ1) is 16.3. The number of amides is 1. The summed E-state index contributed by atoms with van der Waals surface area (Å²) >= 11 is 0. The van der Waals surface area contributed by atoms with E-state index in [0.29, 0.717) is 5.92 Å². The van der Waals surface area contributed by atoms with Gasteiger partial charge < -0.3 is 10.2 Å². The highest BCUT2D eigenvalue weighted by Crippen LogP contribution is 2.31. The fourth-order valence-electron chi connectivity index (χ4n) is 3.40. The van der Waals surface area contributed by atoms with Crippen LogP contribution in [0.25, 0.3) is 0 Å². The maximum absolute atomic E-state index is 13.0. The zero-order chi connectivity index (χ0) is 14.0. The molecule has 1 aromatic rings. The summed E-state index contributed by atoms with van der Waals surface area (Å²) in [7, 11) is 1.95. The lowest BCUT2D eigenvalue weighted by Crippen LogP contribution is -2.55. The molecule has 2 heterocycles. The first-order valence-corrected chi connectivity index (χ1v) is 7.69. The van der Waals surface area contributed by atoms with E-state index in [9.17, 15) is 4.79 Å². The zero-order valence-electron chi connectivity index (χ0n) is 12.6. The quantitative estimate of drug-likeness (QED) is 0.919. The fraction of sp³-hybridized carbons (Fsp3) is 0.733. The Morgan fingerprint density at radius 2 is 2.14 bits per heavy atom. The van der Waals surface area contributed by atoms with Gasteiger partial charge in [-0.3, -0.25) is 9.48 Å². The minimum atomic E-state index is -0.479. The van der Waals surface area contributed by atoms with E-state index >= 15 is 0 Å². The summed E-state index contributed by atoms with van der Waals surface area (Å²) in [6.45, 7) is 2.65. The summed E-state index contributed by atoms with van der Waals surface area (Å²) in [4.78, 5) is 15.0. The van der Waals surface area contributed by atoms with E-state index in [2.05, 4.69) is 10.4 Å².